The third kappa shape index (κ3) is 3.79. The van der Waals surface area contributed by atoms with Crippen LogP contribution in [-0.4, -0.2) is 19.3 Å². The van der Waals surface area contributed by atoms with Crippen molar-refractivity contribution >= 4 is 0 Å². The molecule has 0 amide bonds. The first-order valence-electron chi connectivity index (χ1n) is 7.02. The molecule has 102 valence electrons. The summed E-state index contributed by atoms with van der Waals surface area (Å²) in [6.45, 7) is 7.13. The van der Waals surface area contributed by atoms with Gasteiger partial charge in [-0.1, -0.05) is 26.0 Å². The smallest absolute Gasteiger partial charge is 0.0991 e. The zero-order valence-corrected chi connectivity index (χ0v) is 11.7. The zero-order valence-electron chi connectivity index (χ0n) is 11.7. The van der Waals surface area contributed by atoms with Gasteiger partial charge in [-0.25, -0.2) is 0 Å². The average Bonchev–Trinajstić information content (AvgIpc) is 2.87. The molecule has 1 saturated heterocycles. The Kier molecular flexibility index (Phi) is 4.95. The Bertz CT molecular complexity index is 450. The van der Waals surface area contributed by atoms with Crippen LogP contribution in [0.4, 0.5) is 0 Å². The highest BCUT2D eigenvalue weighted by molar-refractivity contribution is 5.32. The SMILES string of the molecule is CC(C)[C@H]1OCC[C@@H]1CNCc1cccc(C#N)c1. The van der Waals surface area contributed by atoms with E-state index >= 15 is 0 Å². The summed E-state index contributed by atoms with van der Waals surface area (Å²) in [4.78, 5) is 0. The van der Waals surface area contributed by atoms with Crippen LogP contribution in [-0.2, 0) is 11.3 Å². The Labute approximate surface area is 115 Å². The summed E-state index contributed by atoms with van der Waals surface area (Å²) in [5.41, 5.74) is 1.89. The van der Waals surface area contributed by atoms with E-state index in [0.717, 1.165) is 31.7 Å². The van der Waals surface area contributed by atoms with Crippen molar-refractivity contribution in [3.63, 3.8) is 0 Å². The van der Waals surface area contributed by atoms with Crippen LogP contribution in [0.1, 0.15) is 31.4 Å². The molecule has 1 fully saturated rings. The van der Waals surface area contributed by atoms with Crippen LogP contribution in [0.2, 0.25) is 0 Å². The van der Waals surface area contributed by atoms with Crippen molar-refractivity contribution in [1.82, 2.24) is 5.32 Å². The van der Waals surface area contributed by atoms with Crippen molar-refractivity contribution < 1.29 is 4.74 Å². The van der Waals surface area contributed by atoms with Gasteiger partial charge in [-0.3, -0.25) is 0 Å². The standard InChI is InChI=1S/C16H22N2O/c1-12(2)16-15(6-7-19-16)11-18-10-14-5-3-4-13(8-14)9-17/h3-5,8,12,15-16,18H,6-7,10-11H2,1-2H3/t15-,16-/m1/s1. The predicted octanol–water partition coefficient (Wildman–Crippen LogP) is 2.71. The molecule has 1 heterocycles. The number of hydrogen-bond acceptors (Lipinski definition) is 3. The Morgan fingerprint density at radius 1 is 1.47 bits per heavy atom. The van der Waals surface area contributed by atoms with Crippen LogP contribution < -0.4 is 5.32 Å². The highest BCUT2D eigenvalue weighted by Gasteiger charge is 2.29. The Hall–Kier alpha value is -1.37. The van der Waals surface area contributed by atoms with Crippen LogP contribution >= 0.6 is 0 Å². The number of rotatable bonds is 5. The van der Waals surface area contributed by atoms with Crippen molar-refractivity contribution in [1.29, 1.82) is 5.26 Å². The van der Waals surface area contributed by atoms with E-state index in [1.54, 1.807) is 0 Å². The molecular formula is C16H22N2O. The minimum atomic E-state index is 0.387. The van der Waals surface area contributed by atoms with E-state index < -0.39 is 0 Å². The summed E-state index contributed by atoms with van der Waals surface area (Å²) >= 11 is 0. The molecule has 19 heavy (non-hydrogen) atoms. The van der Waals surface area contributed by atoms with E-state index in [1.807, 2.05) is 18.2 Å². The molecule has 1 aromatic carbocycles. The quantitative estimate of drug-likeness (QED) is 0.883. The molecule has 2 atom stereocenters. The van der Waals surface area contributed by atoms with Gasteiger partial charge < -0.3 is 10.1 Å². The Morgan fingerprint density at radius 2 is 2.32 bits per heavy atom. The number of ether oxygens (including phenoxy) is 1. The Balaban J connectivity index is 1.81. The first-order valence-corrected chi connectivity index (χ1v) is 7.02. The maximum absolute atomic E-state index is 8.87. The molecule has 3 heteroatoms. The largest absolute Gasteiger partial charge is 0.378 e. The lowest BCUT2D eigenvalue weighted by Gasteiger charge is -2.22. The molecule has 0 bridgehead atoms. The second-order valence-corrected chi connectivity index (χ2v) is 5.57. The number of nitrogens with zero attached hydrogens (tertiary/aromatic N) is 1. The van der Waals surface area contributed by atoms with Gasteiger partial charge in [0, 0.05) is 19.7 Å². The van der Waals surface area contributed by atoms with Crippen molar-refractivity contribution in [3.8, 4) is 6.07 Å². The molecule has 1 aromatic rings. The van der Waals surface area contributed by atoms with E-state index in [0.29, 0.717) is 17.9 Å². The topological polar surface area (TPSA) is 45.0 Å². The number of benzene rings is 1. The maximum Gasteiger partial charge on any atom is 0.0991 e. The lowest BCUT2D eigenvalue weighted by atomic mass is 9.93. The van der Waals surface area contributed by atoms with Crippen LogP contribution in [0.15, 0.2) is 24.3 Å². The number of hydrogen-bond donors (Lipinski definition) is 1. The van der Waals surface area contributed by atoms with Gasteiger partial charge in [0.05, 0.1) is 17.7 Å². The molecule has 0 aromatic heterocycles. The van der Waals surface area contributed by atoms with Gasteiger partial charge in [-0.05, 0) is 36.0 Å². The molecule has 1 N–H and O–H groups in total. The molecule has 1 aliphatic heterocycles. The first kappa shape index (κ1) is 14.0. The second-order valence-electron chi connectivity index (χ2n) is 5.57. The van der Waals surface area contributed by atoms with E-state index in [4.69, 9.17) is 10.00 Å². The lowest BCUT2D eigenvalue weighted by Crippen LogP contribution is -2.31. The third-order valence-electron chi connectivity index (χ3n) is 3.71. The second kappa shape index (κ2) is 6.70. The number of nitriles is 1. The molecule has 0 unspecified atom stereocenters. The van der Waals surface area contributed by atoms with Crippen molar-refractivity contribution in [2.45, 2.75) is 32.9 Å². The molecule has 0 radical (unpaired) electrons. The van der Waals surface area contributed by atoms with Gasteiger partial charge in [0.2, 0.25) is 0 Å². The van der Waals surface area contributed by atoms with Gasteiger partial charge >= 0.3 is 0 Å². The highest BCUT2D eigenvalue weighted by atomic mass is 16.5. The van der Waals surface area contributed by atoms with Gasteiger partial charge in [-0.2, -0.15) is 5.26 Å². The average molecular weight is 258 g/mol. The summed E-state index contributed by atoms with van der Waals surface area (Å²) in [6, 6.07) is 9.94. The first-order chi connectivity index (χ1) is 9.20. The summed E-state index contributed by atoms with van der Waals surface area (Å²) < 4.78 is 5.78. The molecule has 0 aliphatic carbocycles. The Morgan fingerprint density at radius 3 is 3.05 bits per heavy atom. The minimum absolute atomic E-state index is 0.387. The van der Waals surface area contributed by atoms with Gasteiger partial charge in [-0.15, -0.1) is 0 Å². The van der Waals surface area contributed by atoms with Crippen LogP contribution in [0, 0.1) is 23.2 Å². The summed E-state index contributed by atoms with van der Waals surface area (Å²) in [5, 5.41) is 12.4. The third-order valence-corrected chi connectivity index (χ3v) is 3.71. The van der Waals surface area contributed by atoms with E-state index in [1.165, 1.54) is 5.56 Å². The van der Waals surface area contributed by atoms with Crippen molar-refractivity contribution in [3.05, 3.63) is 35.4 Å². The van der Waals surface area contributed by atoms with Crippen LogP contribution in [0.3, 0.4) is 0 Å². The van der Waals surface area contributed by atoms with E-state index in [2.05, 4.69) is 31.3 Å². The monoisotopic (exact) mass is 258 g/mol. The van der Waals surface area contributed by atoms with Crippen LogP contribution in [0.25, 0.3) is 0 Å². The fourth-order valence-electron chi connectivity index (χ4n) is 2.76. The van der Waals surface area contributed by atoms with Gasteiger partial charge in [0.25, 0.3) is 0 Å². The van der Waals surface area contributed by atoms with Crippen molar-refractivity contribution in [2.24, 2.45) is 11.8 Å². The van der Waals surface area contributed by atoms with Gasteiger partial charge in [0.1, 0.15) is 0 Å². The van der Waals surface area contributed by atoms with E-state index in [9.17, 15) is 0 Å². The summed E-state index contributed by atoms with van der Waals surface area (Å²) in [7, 11) is 0. The molecule has 2 rings (SSSR count). The minimum Gasteiger partial charge on any atom is -0.378 e. The lowest BCUT2D eigenvalue weighted by molar-refractivity contribution is 0.0539. The molecule has 3 nitrogen and oxygen atoms in total. The molecule has 1 aliphatic rings. The van der Waals surface area contributed by atoms with Gasteiger partial charge in [0.15, 0.2) is 0 Å². The van der Waals surface area contributed by atoms with E-state index in [-0.39, 0.29) is 0 Å². The van der Waals surface area contributed by atoms with Crippen LogP contribution in [0.5, 0.6) is 0 Å². The van der Waals surface area contributed by atoms with Crippen molar-refractivity contribution in [2.75, 3.05) is 13.2 Å². The highest BCUT2D eigenvalue weighted by Crippen LogP contribution is 2.26. The molecular weight excluding hydrogens is 236 g/mol. The summed E-state index contributed by atoms with van der Waals surface area (Å²) in [5.74, 6) is 1.19. The molecule has 0 spiro atoms. The maximum atomic E-state index is 8.87. The molecule has 0 saturated carbocycles. The normalized spacial score (nSPS) is 22.6. The number of nitrogens with one attached hydrogen (secondary N) is 1. The summed E-state index contributed by atoms with van der Waals surface area (Å²) in [6.07, 6.45) is 1.53. The zero-order chi connectivity index (χ0) is 13.7. The fourth-order valence-corrected chi connectivity index (χ4v) is 2.76. The fraction of sp³-hybridized carbons (Fsp3) is 0.562. The predicted molar refractivity (Wildman–Crippen MR) is 75.5 cm³/mol.